The second-order valence-electron chi connectivity index (χ2n) is 2.90. The highest BCUT2D eigenvalue weighted by molar-refractivity contribution is 7.85. The molecule has 1 aromatic heterocycles. The Morgan fingerprint density at radius 2 is 1.94 bits per heavy atom. The number of halogens is 4. The molecule has 9 heteroatoms. The Bertz CT molecular complexity index is 497. The van der Waals surface area contributed by atoms with Gasteiger partial charge in [0.1, 0.15) is 5.75 Å². The lowest BCUT2D eigenvalue weighted by molar-refractivity contribution is -0.143. The lowest BCUT2D eigenvalue weighted by Crippen LogP contribution is -2.12. The van der Waals surface area contributed by atoms with Crippen LogP contribution in [0.1, 0.15) is 11.3 Å². The maximum Gasteiger partial charge on any atom is 0.436 e. The molecular formula is C7H5F4NO3S. The van der Waals surface area contributed by atoms with E-state index < -0.39 is 33.6 Å². The number of aromatic nitrogens is 1. The third-order valence-electron chi connectivity index (χ3n) is 1.52. The van der Waals surface area contributed by atoms with Gasteiger partial charge in [0.25, 0.3) is 10.1 Å². The normalized spacial score (nSPS) is 12.8. The lowest BCUT2D eigenvalue weighted by atomic mass is 10.2. The van der Waals surface area contributed by atoms with Crippen LogP contribution in [-0.4, -0.2) is 18.0 Å². The highest BCUT2D eigenvalue weighted by atomic mass is 32.2. The topological polar surface area (TPSA) is 67.3 Å². The van der Waals surface area contributed by atoms with Gasteiger partial charge in [-0.05, 0) is 11.6 Å². The van der Waals surface area contributed by atoms with E-state index in [0.717, 1.165) is 0 Å². The zero-order chi connectivity index (χ0) is 12.6. The van der Waals surface area contributed by atoms with E-state index in [1.165, 1.54) is 0 Å². The fourth-order valence-electron chi connectivity index (χ4n) is 0.976. The standard InChI is InChI=1S/C7H5F4NO3S/c8-5-1-4(3-16(13,14)15)2-12-6(5)7(9,10)11/h1-2H,3H2,(H,13,14,15). The number of nitrogens with zero attached hydrogens (tertiary/aromatic N) is 1. The molecule has 0 bridgehead atoms. The van der Waals surface area contributed by atoms with Gasteiger partial charge in [-0.1, -0.05) is 0 Å². The van der Waals surface area contributed by atoms with Crippen molar-refractivity contribution in [3.05, 3.63) is 29.3 Å². The van der Waals surface area contributed by atoms with Gasteiger partial charge < -0.3 is 0 Å². The van der Waals surface area contributed by atoms with Crippen molar-refractivity contribution >= 4 is 10.1 Å². The molecule has 0 saturated carbocycles. The molecule has 0 radical (unpaired) electrons. The van der Waals surface area contributed by atoms with Crippen molar-refractivity contribution in [1.82, 2.24) is 4.98 Å². The van der Waals surface area contributed by atoms with Crippen molar-refractivity contribution in [3.8, 4) is 0 Å². The maximum atomic E-state index is 12.9. The molecule has 0 saturated heterocycles. The fourth-order valence-corrected chi connectivity index (χ4v) is 1.55. The van der Waals surface area contributed by atoms with Gasteiger partial charge in [-0.15, -0.1) is 0 Å². The van der Waals surface area contributed by atoms with Crippen molar-refractivity contribution in [1.29, 1.82) is 0 Å². The zero-order valence-electron chi connectivity index (χ0n) is 7.49. The predicted octanol–water partition coefficient (Wildman–Crippen LogP) is 1.63. The van der Waals surface area contributed by atoms with Crippen LogP contribution in [0.15, 0.2) is 12.3 Å². The summed E-state index contributed by atoms with van der Waals surface area (Å²) in [6, 6.07) is 0.365. The van der Waals surface area contributed by atoms with E-state index in [4.69, 9.17) is 4.55 Å². The van der Waals surface area contributed by atoms with E-state index in [1.807, 2.05) is 0 Å². The minimum atomic E-state index is -4.94. The first-order valence-electron chi connectivity index (χ1n) is 3.76. The van der Waals surface area contributed by atoms with Gasteiger partial charge in [0.15, 0.2) is 11.5 Å². The van der Waals surface area contributed by atoms with Crippen LogP contribution in [0.25, 0.3) is 0 Å². The number of rotatable bonds is 2. The summed E-state index contributed by atoms with van der Waals surface area (Å²) in [7, 11) is -4.43. The van der Waals surface area contributed by atoms with Crippen LogP contribution in [0.3, 0.4) is 0 Å². The number of alkyl halides is 3. The van der Waals surface area contributed by atoms with Crippen molar-refractivity contribution in [2.24, 2.45) is 0 Å². The Morgan fingerprint density at radius 1 is 1.38 bits per heavy atom. The molecule has 0 fully saturated rings. The van der Waals surface area contributed by atoms with Gasteiger partial charge in [-0.25, -0.2) is 9.37 Å². The molecule has 1 heterocycles. The Morgan fingerprint density at radius 3 is 2.31 bits per heavy atom. The first-order valence-corrected chi connectivity index (χ1v) is 5.37. The van der Waals surface area contributed by atoms with Crippen LogP contribution >= 0.6 is 0 Å². The quantitative estimate of drug-likeness (QED) is 0.647. The first-order chi connectivity index (χ1) is 7.09. The highest BCUT2D eigenvalue weighted by Crippen LogP contribution is 2.29. The van der Waals surface area contributed by atoms with E-state index in [9.17, 15) is 26.0 Å². The molecule has 16 heavy (non-hydrogen) atoms. The van der Waals surface area contributed by atoms with Gasteiger partial charge >= 0.3 is 6.18 Å². The molecule has 0 amide bonds. The molecule has 0 aliphatic rings. The van der Waals surface area contributed by atoms with Crippen LogP contribution in [-0.2, 0) is 22.0 Å². The van der Waals surface area contributed by atoms with Crippen molar-refractivity contribution in [3.63, 3.8) is 0 Å². The summed E-state index contributed by atoms with van der Waals surface area (Å²) in [5.74, 6) is -2.68. The summed E-state index contributed by atoms with van der Waals surface area (Å²) in [6.07, 6.45) is -4.40. The summed E-state index contributed by atoms with van der Waals surface area (Å²) < 4.78 is 78.2. The smallest absolute Gasteiger partial charge is 0.285 e. The monoisotopic (exact) mass is 259 g/mol. The van der Waals surface area contributed by atoms with E-state index in [-0.39, 0.29) is 5.56 Å². The SMILES string of the molecule is O=S(=O)(O)Cc1cnc(C(F)(F)F)c(F)c1. The van der Waals surface area contributed by atoms with Gasteiger partial charge in [-0.3, -0.25) is 4.55 Å². The molecule has 0 atom stereocenters. The predicted molar refractivity (Wildman–Crippen MR) is 44.4 cm³/mol. The Balaban J connectivity index is 3.10. The van der Waals surface area contributed by atoms with Gasteiger partial charge in [-0.2, -0.15) is 21.6 Å². The third kappa shape index (κ3) is 3.42. The molecular weight excluding hydrogens is 254 g/mol. The summed E-state index contributed by atoms with van der Waals surface area (Å²) in [4.78, 5) is 2.76. The summed E-state index contributed by atoms with van der Waals surface area (Å²) in [6.45, 7) is 0. The van der Waals surface area contributed by atoms with Crippen LogP contribution < -0.4 is 0 Å². The van der Waals surface area contributed by atoms with Gasteiger partial charge in [0.2, 0.25) is 0 Å². The second-order valence-corrected chi connectivity index (χ2v) is 4.35. The van der Waals surface area contributed by atoms with Crippen LogP contribution in [0.2, 0.25) is 0 Å². The zero-order valence-corrected chi connectivity index (χ0v) is 8.31. The largest absolute Gasteiger partial charge is 0.436 e. The average molecular weight is 259 g/mol. The number of hydrogen-bond donors (Lipinski definition) is 1. The first kappa shape index (κ1) is 12.8. The fraction of sp³-hybridized carbons (Fsp3) is 0.286. The Hall–Kier alpha value is -1.22. The molecule has 1 rings (SSSR count). The van der Waals surface area contributed by atoms with Crippen LogP contribution in [0, 0.1) is 5.82 Å². The van der Waals surface area contributed by atoms with Crippen molar-refractivity contribution in [2.75, 3.05) is 0 Å². The van der Waals surface area contributed by atoms with Crippen LogP contribution in [0.4, 0.5) is 17.6 Å². The van der Waals surface area contributed by atoms with Crippen LogP contribution in [0.5, 0.6) is 0 Å². The molecule has 0 aliphatic heterocycles. The second kappa shape index (κ2) is 3.98. The van der Waals surface area contributed by atoms with E-state index in [2.05, 4.69) is 4.98 Å². The molecule has 0 spiro atoms. The minimum absolute atomic E-state index is 0.365. The number of pyridine rings is 1. The Kier molecular flexibility index (Phi) is 3.20. The molecule has 0 aliphatic carbocycles. The molecule has 4 nitrogen and oxygen atoms in total. The minimum Gasteiger partial charge on any atom is -0.285 e. The lowest BCUT2D eigenvalue weighted by Gasteiger charge is -2.07. The van der Waals surface area contributed by atoms with E-state index >= 15 is 0 Å². The molecule has 1 N–H and O–H groups in total. The van der Waals surface area contributed by atoms with E-state index in [1.54, 1.807) is 0 Å². The summed E-state index contributed by atoms with van der Waals surface area (Å²) >= 11 is 0. The van der Waals surface area contributed by atoms with Crippen molar-refractivity contribution < 1.29 is 30.5 Å². The Labute approximate surface area is 87.7 Å². The molecule has 0 aromatic carbocycles. The van der Waals surface area contributed by atoms with E-state index in [0.29, 0.717) is 12.3 Å². The summed E-state index contributed by atoms with van der Waals surface area (Å²) in [5.41, 5.74) is -2.10. The summed E-state index contributed by atoms with van der Waals surface area (Å²) in [5, 5.41) is 0. The number of hydrogen-bond acceptors (Lipinski definition) is 3. The molecule has 90 valence electrons. The maximum absolute atomic E-state index is 12.9. The average Bonchev–Trinajstić information content (AvgIpc) is 1.97. The molecule has 0 unspecified atom stereocenters. The van der Waals surface area contributed by atoms with Gasteiger partial charge in [0.05, 0.1) is 0 Å². The third-order valence-corrected chi connectivity index (χ3v) is 2.21. The van der Waals surface area contributed by atoms with Gasteiger partial charge in [0, 0.05) is 6.20 Å². The highest BCUT2D eigenvalue weighted by Gasteiger charge is 2.36. The van der Waals surface area contributed by atoms with Crippen molar-refractivity contribution in [2.45, 2.75) is 11.9 Å². The molecule has 1 aromatic rings.